The van der Waals surface area contributed by atoms with Crippen molar-refractivity contribution in [3.05, 3.63) is 11.5 Å². The third kappa shape index (κ3) is 2.65. The fourth-order valence-corrected chi connectivity index (χ4v) is 2.54. The van der Waals surface area contributed by atoms with Crippen molar-refractivity contribution in [3.63, 3.8) is 0 Å². The Morgan fingerprint density at radius 2 is 2.20 bits per heavy atom. The topological polar surface area (TPSA) is 61.9 Å². The minimum Gasteiger partial charge on any atom is -0.469 e. The maximum Gasteiger partial charge on any atom is 0.307 e. The summed E-state index contributed by atoms with van der Waals surface area (Å²) in [6.45, 7) is 2.60. The molecule has 0 radical (unpaired) electrons. The van der Waals surface area contributed by atoms with E-state index in [1.807, 2.05) is 11.6 Å². The summed E-state index contributed by atoms with van der Waals surface area (Å²) in [5.41, 5.74) is 2.77. The van der Waals surface area contributed by atoms with Crippen molar-refractivity contribution in [1.29, 1.82) is 0 Å². The molecule has 0 aliphatic carbocycles. The first-order chi connectivity index (χ1) is 9.62. The number of ether oxygens (including phenoxy) is 1. The van der Waals surface area contributed by atoms with Gasteiger partial charge in [-0.25, -0.2) is 4.98 Å². The summed E-state index contributed by atoms with van der Waals surface area (Å²) < 4.78 is 8.44. The van der Waals surface area contributed by atoms with Crippen molar-refractivity contribution in [2.75, 3.05) is 7.11 Å². The number of carbonyl (C=O) groups is 1. The Morgan fingerprint density at radius 1 is 1.45 bits per heavy atom. The average Bonchev–Trinajstić information content (AvgIpc) is 2.95. The van der Waals surface area contributed by atoms with Gasteiger partial charge in [-0.05, 0) is 6.42 Å². The van der Waals surface area contributed by atoms with Crippen molar-refractivity contribution in [2.45, 2.75) is 38.6 Å². The standard InChI is InChI=1S/C13H19ClN4O2/c1-4-5-9-12-13(17(2)16-9)18(10(8-14)15-12)7-6-11(19)20-3/h4-8H2,1-3H3. The molecule has 0 fully saturated rings. The highest BCUT2D eigenvalue weighted by molar-refractivity contribution is 6.16. The molecule has 2 heterocycles. The van der Waals surface area contributed by atoms with Gasteiger partial charge in [0.05, 0.1) is 25.1 Å². The molecule has 110 valence electrons. The van der Waals surface area contributed by atoms with Crippen LogP contribution >= 0.6 is 11.6 Å². The van der Waals surface area contributed by atoms with E-state index in [2.05, 4.69) is 21.7 Å². The zero-order valence-electron chi connectivity index (χ0n) is 12.0. The van der Waals surface area contributed by atoms with Gasteiger partial charge in [-0.1, -0.05) is 13.3 Å². The summed E-state index contributed by atoms with van der Waals surface area (Å²) in [6.07, 6.45) is 2.19. The van der Waals surface area contributed by atoms with Gasteiger partial charge < -0.3 is 9.30 Å². The van der Waals surface area contributed by atoms with Gasteiger partial charge in [0.1, 0.15) is 11.3 Å². The molecule has 0 atom stereocenters. The molecule has 0 N–H and O–H groups in total. The van der Waals surface area contributed by atoms with Crippen LogP contribution in [0.1, 0.15) is 31.3 Å². The summed E-state index contributed by atoms with van der Waals surface area (Å²) in [5, 5.41) is 4.50. The maximum atomic E-state index is 11.3. The molecule has 2 aromatic rings. The zero-order valence-corrected chi connectivity index (χ0v) is 12.8. The van der Waals surface area contributed by atoms with E-state index in [0.29, 0.717) is 18.8 Å². The molecule has 2 rings (SSSR count). The zero-order chi connectivity index (χ0) is 14.7. The Balaban J connectivity index is 2.43. The molecule has 0 spiro atoms. The predicted molar refractivity (Wildman–Crippen MR) is 76.7 cm³/mol. The highest BCUT2D eigenvalue weighted by Crippen LogP contribution is 2.22. The van der Waals surface area contributed by atoms with Crippen LogP contribution in [0.5, 0.6) is 0 Å². The van der Waals surface area contributed by atoms with Gasteiger partial charge in [0.2, 0.25) is 0 Å². The van der Waals surface area contributed by atoms with E-state index in [1.165, 1.54) is 7.11 Å². The number of methoxy groups -OCH3 is 1. The molecule has 0 saturated heterocycles. The summed E-state index contributed by atoms with van der Waals surface area (Å²) >= 11 is 5.96. The Morgan fingerprint density at radius 3 is 2.80 bits per heavy atom. The van der Waals surface area contributed by atoms with Crippen LogP contribution in [0.15, 0.2) is 0 Å². The number of nitrogens with zero attached hydrogens (tertiary/aromatic N) is 4. The number of imidazole rings is 1. The van der Waals surface area contributed by atoms with Crippen LogP contribution in [0.3, 0.4) is 0 Å². The molecule has 20 heavy (non-hydrogen) atoms. The second kappa shape index (κ2) is 6.26. The SMILES string of the molecule is CCCc1nn(C)c2c1nc(CCl)n2CCC(=O)OC. The first-order valence-electron chi connectivity index (χ1n) is 6.66. The van der Waals surface area contributed by atoms with E-state index < -0.39 is 0 Å². The molecule has 0 aromatic carbocycles. The van der Waals surface area contributed by atoms with Gasteiger partial charge >= 0.3 is 5.97 Å². The van der Waals surface area contributed by atoms with Crippen LogP contribution in [0.4, 0.5) is 0 Å². The number of alkyl halides is 1. The lowest BCUT2D eigenvalue weighted by atomic mass is 10.2. The number of aromatic nitrogens is 4. The molecule has 0 bridgehead atoms. The Hall–Kier alpha value is -1.56. The lowest BCUT2D eigenvalue weighted by Crippen LogP contribution is -2.11. The quantitative estimate of drug-likeness (QED) is 0.605. The minimum atomic E-state index is -0.247. The van der Waals surface area contributed by atoms with Crippen LogP contribution in [-0.4, -0.2) is 32.4 Å². The fraction of sp³-hybridized carbons (Fsp3) is 0.615. The van der Waals surface area contributed by atoms with E-state index in [9.17, 15) is 4.79 Å². The molecule has 0 amide bonds. The third-order valence-electron chi connectivity index (χ3n) is 3.24. The van der Waals surface area contributed by atoms with Gasteiger partial charge in [-0.3, -0.25) is 9.48 Å². The van der Waals surface area contributed by atoms with E-state index >= 15 is 0 Å². The molecule has 6 nitrogen and oxygen atoms in total. The number of fused-ring (bicyclic) bond motifs is 1. The van der Waals surface area contributed by atoms with E-state index in [4.69, 9.17) is 11.6 Å². The maximum absolute atomic E-state index is 11.3. The monoisotopic (exact) mass is 298 g/mol. The summed E-state index contributed by atoms with van der Waals surface area (Å²) in [7, 11) is 3.27. The molecular weight excluding hydrogens is 280 g/mol. The number of hydrogen-bond acceptors (Lipinski definition) is 4. The Labute approximate surface area is 122 Å². The molecule has 2 aromatic heterocycles. The summed E-state index contributed by atoms with van der Waals surface area (Å²) in [6, 6.07) is 0. The molecule has 0 saturated carbocycles. The fourth-order valence-electron chi connectivity index (χ4n) is 2.33. The second-order valence-electron chi connectivity index (χ2n) is 4.63. The largest absolute Gasteiger partial charge is 0.469 e. The van der Waals surface area contributed by atoms with Crippen molar-refractivity contribution in [1.82, 2.24) is 19.3 Å². The van der Waals surface area contributed by atoms with Gasteiger partial charge in [-0.15, -0.1) is 11.6 Å². The second-order valence-corrected chi connectivity index (χ2v) is 4.90. The molecule has 7 heteroatoms. The highest BCUT2D eigenvalue weighted by Gasteiger charge is 2.18. The van der Waals surface area contributed by atoms with Crippen molar-refractivity contribution >= 4 is 28.7 Å². The van der Waals surface area contributed by atoms with Gasteiger partial charge in [-0.2, -0.15) is 5.10 Å². The lowest BCUT2D eigenvalue weighted by molar-refractivity contribution is -0.140. The van der Waals surface area contributed by atoms with Crippen molar-refractivity contribution < 1.29 is 9.53 Å². The molecule has 0 aliphatic rings. The molecule has 0 aliphatic heterocycles. The number of rotatable bonds is 6. The average molecular weight is 299 g/mol. The third-order valence-corrected chi connectivity index (χ3v) is 3.48. The number of hydrogen-bond donors (Lipinski definition) is 0. The number of carbonyl (C=O) groups excluding carboxylic acids is 1. The summed E-state index contributed by atoms with van der Waals surface area (Å²) in [4.78, 5) is 15.9. The predicted octanol–water partition coefficient (Wildman–Crippen LogP) is 2.02. The number of aryl methyl sites for hydroxylation is 3. The highest BCUT2D eigenvalue weighted by atomic mass is 35.5. The Kier molecular flexibility index (Phi) is 4.65. The molecule has 0 unspecified atom stereocenters. The Bertz CT molecular complexity index is 617. The summed E-state index contributed by atoms with van der Waals surface area (Å²) in [5.74, 6) is 0.820. The van der Waals surface area contributed by atoms with E-state index in [0.717, 1.165) is 35.5 Å². The van der Waals surface area contributed by atoms with Crippen molar-refractivity contribution in [2.24, 2.45) is 7.05 Å². The van der Waals surface area contributed by atoms with Crippen LogP contribution < -0.4 is 0 Å². The van der Waals surface area contributed by atoms with Gasteiger partial charge in [0.15, 0.2) is 5.65 Å². The van der Waals surface area contributed by atoms with Crippen LogP contribution in [0.2, 0.25) is 0 Å². The molecular formula is C13H19ClN4O2. The lowest BCUT2D eigenvalue weighted by Gasteiger charge is -2.07. The number of esters is 1. The smallest absolute Gasteiger partial charge is 0.307 e. The van der Waals surface area contributed by atoms with Crippen LogP contribution in [-0.2, 0) is 35.4 Å². The number of halogens is 1. The first-order valence-corrected chi connectivity index (χ1v) is 7.19. The van der Waals surface area contributed by atoms with Gasteiger partial charge in [0.25, 0.3) is 0 Å². The first kappa shape index (κ1) is 14.8. The van der Waals surface area contributed by atoms with E-state index in [1.54, 1.807) is 4.68 Å². The van der Waals surface area contributed by atoms with E-state index in [-0.39, 0.29) is 5.97 Å². The van der Waals surface area contributed by atoms with Gasteiger partial charge in [0, 0.05) is 13.6 Å². The minimum absolute atomic E-state index is 0.247. The normalized spacial score (nSPS) is 11.2. The van der Waals surface area contributed by atoms with Crippen molar-refractivity contribution in [3.8, 4) is 0 Å². The van der Waals surface area contributed by atoms with Crippen LogP contribution in [0, 0.1) is 0 Å². The van der Waals surface area contributed by atoms with Crippen LogP contribution in [0.25, 0.3) is 11.2 Å².